The van der Waals surface area contributed by atoms with E-state index in [0.29, 0.717) is 17.9 Å². The molecule has 2 N–H and O–H groups in total. The Morgan fingerprint density at radius 1 is 1.53 bits per heavy atom. The maximum atomic E-state index is 11.8. The van der Waals surface area contributed by atoms with Crippen molar-refractivity contribution in [2.45, 2.75) is 25.8 Å². The van der Waals surface area contributed by atoms with Gasteiger partial charge in [0.1, 0.15) is 6.04 Å². The number of aromatic nitrogens is 1. The van der Waals surface area contributed by atoms with Crippen molar-refractivity contribution >= 4 is 23.6 Å². The van der Waals surface area contributed by atoms with Crippen LogP contribution < -0.4 is 5.32 Å². The first-order valence-corrected chi connectivity index (χ1v) is 7.35. The molecule has 1 heterocycles. The van der Waals surface area contributed by atoms with Crippen molar-refractivity contribution in [3.63, 3.8) is 0 Å². The summed E-state index contributed by atoms with van der Waals surface area (Å²) < 4.78 is 0. The van der Waals surface area contributed by atoms with Crippen LogP contribution in [0.3, 0.4) is 0 Å². The van der Waals surface area contributed by atoms with E-state index in [1.165, 1.54) is 0 Å². The van der Waals surface area contributed by atoms with Crippen molar-refractivity contribution in [2.24, 2.45) is 0 Å². The van der Waals surface area contributed by atoms with Gasteiger partial charge in [-0.2, -0.15) is 11.8 Å². The lowest BCUT2D eigenvalue weighted by molar-refractivity contribution is -0.141. The molecule has 0 saturated carbocycles. The monoisotopic (exact) mass is 282 g/mol. The number of hydrogen-bond acceptors (Lipinski definition) is 4. The summed E-state index contributed by atoms with van der Waals surface area (Å²) in [6, 6.07) is 2.84. The molecule has 1 amide bonds. The lowest BCUT2D eigenvalue weighted by atomic mass is 10.1. The molecular formula is C13H18N2O3S. The van der Waals surface area contributed by atoms with Gasteiger partial charge >= 0.3 is 5.97 Å². The molecule has 0 bridgehead atoms. The molecule has 104 valence electrons. The topological polar surface area (TPSA) is 79.3 Å². The Labute approximate surface area is 116 Å². The lowest BCUT2D eigenvalue weighted by Gasteiger charge is -2.14. The van der Waals surface area contributed by atoms with Crippen LogP contribution in [-0.2, 0) is 16.0 Å². The van der Waals surface area contributed by atoms with Crippen LogP contribution in [0.25, 0.3) is 0 Å². The fourth-order valence-electron chi connectivity index (χ4n) is 1.59. The van der Waals surface area contributed by atoms with E-state index in [4.69, 9.17) is 5.11 Å². The third kappa shape index (κ3) is 5.30. The Bertz CT molecular complexity index is 451. The minimum absolute atomic E-state index is 0.107. The van der Waals surface area contributed by atoms with Crippen LogP contribution in [0.5, 0.6) is 0 Å². The van der Waals surface area contributed by atoms with E-state index >= 15 is 0 Å². The number of amides is 1. The molecule has 19 heavy (non-hydrogen) atoms. The highest BCUT2D eigenvalue weighted by molar-refractivity contribution is 7.98. The van der Waals surface area contributed by atoms with Gasteiger partial charge in [0.25, 0.3) is 0 Å². The maximum Gasteiger partial charge on any atom is 0.326 e. The number of hydrogen-bond donors (Lipinski definition) is 2. The molecule has 5 nitrogen and oxygen atoms in total. The van der Waals surface area contributed by atoms with E-state index in [-0.39, 0.29) is 12.3 Å². The molecule has 1 atom stereocenters. The Hall–Kier alpha value is -1.56. The van der Waals surface area contributed by atoms with Crippen LogP contribution in [0.1, 0.15) is 17.7 Å². The van der Waals surface area contributed by atoms with Gasteiger partial charge < -0.3 is 10.4 Å². The van der Waals surface area contributed by atoms with E-state index in [1.807, 2.05) is 19.2 Å². The summed E-state index contributed by atoms with van der Waals surface area (Å²) in [5, 5.41) is 11.6. The second-order valence-electron chi connectivity index (χ2n) is 4.18. The Morgan fingerprint density at radius 2 is 2.26 bits per heavy atom. The smallest absolute Gasteiger partial charge is 0.326 e. The quantitative estimate of drug-likeness (QED) is 0.787. The predicted molar refractivity (Wildman–Crippen MR) is 75.2 cm³/mol. The van der Waals surface area contributed by atoms with Gasteiger partial charge in [0.15, 0.2) is 0 Å². The van der Waals surface area contributed by atoms with Gasteiger partial charge in [-0.25, -0.2) is 4.79 Å². The first kappa shape index (κ1) is 15.5. The van der Waals surface area contributed by atoms with Gasteiger partial charge in [0.2, 0.25) is 5.91 Å². The Morgan fingerprint density at radius 3 is 2.84 bits per heavy atom. The number of carboxylic acids is 1. The van der Waals surface area contributed by atoms with Gasteiger partial charge in [-0.15, -0.1) is 0 Å². The average Bonchev–Trinajstić information content (AvgIpc) is 2.37. The van der Waals surface area contributed by atoms with Gasteiger partial charge in [0.05, 0.1) is 12.1 Å². The zero-order valence-corrected chi connectivity index (χ0v) is 11.9. The minimum atomic E-state index is -1.000. The third-order valence-corrected chi connectivity index (χ3v) is 3.33. The number of pyridine rings is 1. The number of aryl methyl sites for hydroxylation is 1. The normalized spacial score (nSPS) is 11.9. The van der Waals surface area contributed by atoms with Crippen LogP contribution >= 0.6 is 11.8 Å². The number of nitrogens with zero attached hydrogens (tertiary/aromatic N) is 1. The second-order valence-corrected chi connectivity index (χ2v) is 5.17. The minimum Gasteiger partial charge on any atom is -0.480 e. The molecule has 0 spiro atoms. The van der Waals surface area contributed by atoms with Crippen LogP contribution in [0.4, 0.5) is 0 Å². The van der Waals surface area contributed by atoms with Crippen molar-refractivity contribution in [3.05, 3.63) is 29.6 Å². The fraction of sp³-hybridized carbons (Fsp3) is 0.462. The molecule has 1 aromatic rings. The number of rotatable bonds is 7. The molecule has 0 aromatic carbocycles. The molecule has 0 unspecified atom stereocenters. The Kier molecular flexibility index (Phi) is 6.35. The average molecular weight is 282 g/mol. The van der Waals surface area contributed by atoms with Gasteiger partial charge in [0, 0.05) is 6.20 Å². The second kappa shape index (κ2) is 7.78. The fourth-order valence-corrected chi connectivity index (χ4v) is 2.07. The Balaban J connectivity index is 2.58. The summed E-state index contributed by atoms with van der Waals surface area (Å²) in [7, 11) is 0. The zero-order valence-electron chi connectivity index (χ0n) is 11.0. The highest BCUT2D eigenvalue weighted by Gasteiger charge is 2.19. The molecule has 0 aliphatic rings. The zero-order chi connectivity index (χ0) is 14.3. The number of thioether (sulfide) groups is 1. The summed E-state index contributed by atoms with van der Waals surface area (Å²) in [5.74, 6) is -0.615. The van der Waals surface area contributed by atoms with Crippen molar-refractivity contribution in [1.82, 2.24) is 10.3 Å². The molecule has 0 fully saturated rings. The van der Waals surface area contributed by atoms with Crippen molar-refractivity contribution < 1.29 is 14.7 Å². The highest BCUT2D eigenvalue weighted by atomic mass is 32.2. The van der Waals surface area contributed by atoms with E-state index in [0.717, 1.165) is 5.56 Å². The van der Waals surface area contributed by atoms with Crippen molar-refractivity contribution in [1.29, 1.82) is 0 Å². The van der Waals surface area contributed by atoms with Crippen molar-refractivity contribution in [2.75, 3.05) is 12.0 Å². The van der Waals surface area contributed by atoms with Gasteiger partial charge in [-0.1, -0.05) is 6.07 Å². The van der Waals surface area contributed by atoms with Crippen molar-refractivity contribution in [3.8, 4) is 0 Å². The van der Waals surface area contributed by atoms with Gasteiger partial charge in [-0.05, 0) is 37.0 Å². The summed E-state index contributed by atoms with van der Waals surface area (Å²) in [5.41, 5.74) is 1.60. The summed E-state index contributed by atoms with van der Waals surface area (Å²) >= 11 is 1.55. The molecule has 0 radical (unpaired) electrons. The summed E-state index contributed by atoms with van der Waals surface area (Å²) in [4.78, 5) is 27.0. The molecule has 6 heteroatoms. The number of carbonyl (C=O) groups excluding carboxylic acids is 1. The van der Waals surface area contributed by atoms with E-state index in [1.54, 1.807) is 24.0 Å². The maximum absolute atomic E-state index is 11.8. The molecule has 1 aromatic heterocycles. The molecule has 0 saturated heterocycles. The van der Waals surface area contributed by atoms with E-state index < -0.39 is 12.0 Å². The third-order valence-electron chi connectivity index (χ3n) is 2.69. The molecular weight excluding hydrogens is 264 g/mol. The first-order valence-electron chi connectivity index (χ1n) is 5.96. The standard InChI is InChI=1S/C13H18N2O3S/c1-9-4-3-6-14-11(9)8-12(16)15-10(13(17)18)5-7-19-2/h3-4,6,10H,5,7-8H2,1-2H3,(H,15,16)(H,17,18)/t10-/m0/s1. The molecule has 1 rings (SSSR count). The number of aliphatic carboxylic acids is 1. The molecule has 0 aliphatic carbocycles. The number of carbonyl (C=O) groups is 2. The van der Waals surface area contributed by atoms with E-state index in [2.05, 4.69) is 10.3 Å². The van der Waals surface area contributed by atoms with Crippen LogP contribution in [-0.4, -0.2) is 40.0 Å². The van der Waals surface area contributed by atoms with E-state index in [9.17, 15) is 9.59 Å². The first-order chi connectivity index (χ1) is 9.04. The summed E-state index contributed by atoms with van der Waals surface area (Å²) in [6.45, 7) is 1.87. The van der Waals surface area contributed by atoms with Crippen LogP contribution in [0, 0.1) is 6.92 Å². The predicted octanol–water partition coefficient (Wildman–Crippen LogP) is 1.26. The lowest BCUT2D eigenvalue weighted by Crippen LogP contribution is -2.42. The van der Waals surface area contributed by atoms with Crippen LogP contribution in [0.15, 0.2) is 18.3 Å². The number of carboxylic acid groups (broad SMARTS) is 1. The highest BCUT2D eigenvalue weighted by Crippen LogP contribution is 2.05. The number of nitrogens with one attached hydrogen (secondary N) is 1. The van der Waals surface area contributed by atoms with Crippen LogP contribution in [0.2, 0.25) is 0 Å². The molecule has 0 aliphatic heterocycles. The summed E-state index contributed by atoms with van der Waals surface area (Å²) in [6.07, 6.45) is 4.05. The largest absolute Gasteiger partial charge is 0.480 e. The SMILES string of the molecule is CSCC[C@H](NC(=O)Cc1ncccc1C)C(=O)O. The van der Waals surface area contributed by atoms with Gasteiger partial charge in [-0.3, -0.25) is 9.78 Å².